The maximum atomic E-state index is 13.2. The van der Waals surface area contributed by atoms with Crippen LogP contribution in [0, 0.1) is 0 Å². The first-order valence-corrected chi connectivity index (χ1v) is 11.0. The standard InChI is InChI=1S/C26H30N4O/c1-20(2)28-25-23(14-9-15-27-25)26(31)30-18-16-29(17-19-30)24(21-10-5-3-6-11-21)22-12-7-4-8-13-22/h3-15,20,24H,16-19H2,1-2H3,(H,27,28). The van der Waals surface area contributed by atoms with Gasteiger partial charge in [-0.15, -0.1) is 0 Å². The van der Waals surface area contributed by atoms with E-state index in [4.69, 9.17) is 0 Å². The predicted octanol–water partition coefficient (Wildman–Crippen LogP) is 4.45. The summed E-state index contributed by atoms with van der Waals surface area (Å²) >= 11 is 0. The van der Waals surface area contributed by atoms with Gasteiger partial charge in [-0.2, -0.15) is 0 Å². The van der Waals surface area contributed by atoms with Crippen LogP contribution in [-0.2, 0) is 0 Å². The molecule has 2 heterocycles. The van der Waals surface area contributed by atoms with Crippen molar-refractivity contribution < 1.29 is 4.79 Å². The summed E-state index contributed by atoms with van der Waals surface area (Å²) in [6.07, 6.45) is 1.73. The molecule has 0 bridgehead atoms. The van der Waals surface area contributed by atoms with Gasteiger partial charge < -0.3 is 10.2 Å². The fraction of sp³-hybridized carbons (Fsp3) is 0.308. The van der Waals surface area contributed by atoms with Crippen molar-refractivity contribution >= 4 is 11.7 Å². The number of carbonyl (C=O) groups is 1. The van der Waals surface area contributed by atoms with Crippen LogP contribution in [0.5, 0.6) is 0 Å². The number of aromatic nitrogens is 1. The number of anilines is 1. The van der Waals surface area contributed by atoms with E-state index in [1.165, 1.54) is 11.1 Å². The number of nitrogens with one attached hydrogen (secondary N) is 1. The van der Waals surface area contributed by atoms with Crippen molar-refractivity contribution in [2.45, 2.75) is 25.9 Å². The van der Waals surface area contributed by atoms with Gasteiger partial charge in [-0.3, -0.25) is 9.69 Å². The Morgan fingerprint density at radius 2 is 1.42 bits per heavy atom. The van der Waals surface area contributed by atoms with E-state index in [0.717, 1.165) is 13.1 Å². The molecule has 0 unspecified atom stereocenters. The van der Waals surface area contributed by atoms with Gasteiger partial charge in [0.2, 0.25) is 0 Å². The van der Waals surface area contributed by atoms with Crippen LogP contribution in [0.25, 0.3) is 0 Å². The maximum absolute atomic E-state index is 13.2. The molecule has 3 aromatic rings. The molecule has 1 amide bonds. The number of piperazine rings is 1. The summed E-state index contributed by atoms with van der Waals surface area (Å²) in [6, 6.07) is 25.3. The van der Waals surface area contributed by atoms with E-state index in [1.54, 1.807) is 6.20 Å². The van der Waals surface area contributed by atoms with Crippen molar-refractivity contribution in [3.63, 3.8) is 0 Å². The fourth-order valence-corrected chi connectivity index (χ4v) is 4.20. The molecule has 31 heavy (non-hydrogen) atoms. The number of hydrogen-bond donors (Lipinski definition) is 1. The van der Waals surface area contributed by atoms with Crippen LogP contribution in [0.15, 0.2) is 79.0 Å². The number of benzene rings is 2. The van der Waals surface area contributed by atoms with E-state index in [-0.39, 0.29) is 18.0 Å². The highest BCUT2D eigenvalue weighted by Crippen LogP contribution is 2.29. The van der Waals surface area contributed by atoms with Crippen LogP contribution in [0.2, 0.25) is 0 Å². The molecule has 0 spiro atoms. The third-order valence-electron chi connectivity index (χ3n) is 5.66. The van der Waals surface area contributed by atoms with Crippen LogP contribution >= 0.6 is 0 Å². The zero-order valence-electron chi connectivity index (χ0n) is 18.2. The fourth-order valence-electron chi connectivity index (χ4n) is 4.20. The molecule has 1 aliphatic heterocycles. The normalized spacial score (nSPS) is 14.8. The molecular weight excluding hydrogens is 384 g/mol. The minimum Gasteiger partial charge on any atom is -0.367 e. The van der Waals surface area contributed by atoms with E-state index < -0.39 is 0 Å². The quantitative estimate of drug-likeness (QED) is 0.647. The lowest BCUT2D eigenvalue weighted by Gasteiger charge is -2.40. The zero-order valence-corrected chi connectivity index (χ0v) is 18.2. The van der Waals surface area contributed by atoms with Gasteiger partial charge in [-0.05, 0) is 37.1 Å². The Balaban J connectivity index is 1.50. The average molecular weight is 415 g/mol. The van der Waals surface area contributed by atoms with Crippen molar-refractivity contribution in [3.05, 3.63) is 95.7 Å². The average Bonchev–Trinajstić information content (AvgIpc) is 2.81. The minimum absolute atomic E-state index is 0.0480. The topological polar surface area (TPSA) is 48.5 Å². The summed E-state index contributed by atoms with van der Waals surface area (Å²) in [5.41, 5.74) is 3.21. The minimum atomic E-state index is 0.0480. The van der Waals surface area contributed by atoms with Crippen molar-refractivity contribution in [3.8, 4) is 0 Å². The summed E-state index contributed by atoms with van der Waals surface area (Å²) in [6.45, 7) is 7.15. The van der Waals surface area contributed by atoms with Gasteiger partial charge in [0.1, 0.15) is 5.82 Å². The molecule has 2 aromatic carbocycles. The third kappa shape index (κ3) is 4.94. The van der Waals surface area contributed by atoms with Gasteiger partial charge in [0.05, 0.1) is 11.6 Å². The van der Waals surface area contributed by atoms with Gasteiger partial charge in [0.25, 0.3) is 5.91 Å². The summed E-state index contributed by atoms with van der Waals surface area (Å²) in [7, 11) is 0. The third-order valence-corrected chi connectivity index (χ3v) is 5.66. The Bertz CT molecular complexity index is 943. The summed E-state index contributed by atoms with van der Waals surface area (Å²) in [5, 5.41) is 3.29. The van der Waals surface area contributed by atoms with Crippen molar-refractivity contribution in [2.24, 2.45) is 0 Å². The summed E-state index contributed by atoms with van der Waals surface area (Å²) < 4.78 is 0. The zero-order chi connectivity index (χ0) is 21.6. The molecule has 160 valence electrons. The lowest BCUT2D eigenvalue weighted by molar-refractivity contribution is 0.0598. The van der Waals surface area contributed by atoms with E-state index in [9.17, 15) is 4.79 Å². The maximum Gasteiger partial charge on any atom is 0.257 e. The molecule has 1 fully saturated rings. The first kappa shape index (κ1) is 21.1. The van der Waals surface area contributed by atoms with Gasteiger partial charge in [-0.1, -0.05) is 60.7 Å². The number of carbonyl (C=O) groups excluding carboxylic acids is 1. The van der Waals surface area contributed by atoms with Gasteiger partial charge in [-0.25, -0.2) is 4.98 Å². The van der Waals surface area contributed by atoms with E-state index in [2.05, 4.69) is 89.7 Å². The lowest BCUT2D eigenvalue weighted by Crippen LogP contribution is -2.50. The van der Waals surface area contributed by atoms with Gasteiger partial charge in [0.15, 0.2) is 0 Å². The largest absolute Gasteiger partial charge is 0.367 e. The monoisotopic (exact) mass is 414 g/mol. The first-order chi connectivity index (χ1) is 15.1. The highest BCUT2D eigenvalue weighted by atomic mass is 16.2. The predicted molar refractivity (Wildman–Crippen MR) is 125 cm³/mol. The van der Waals surface area contributed by atoms with Crippen LogP contribution < -0.4 is 5.32 Å². The number of amides is 1. The molecule has 0 saturated carbocycles. The van der Waals surface area contributed by atoms with Crippen LogP contribution in [-0.4, -0.2) is 52.9 Å². The Labute approximate surface area is 184 Å². The number of hydrogen-bond acceptors (Lipinski definition) is 4. The lowest BCUT2D eigenvalue weighted by atomic mass is 9.96. The number of nitrogens with zero attached hydrogens (tertiary/aromatic N) is 3. The molecule has 0 aliphatic carbocycles. The molecule has 5 heteroatoms. The van der Waals surface area contributed by atoms with Crippen LogP contribution in [0.3, 0.4) is 0 Å². The van der Waals surface area contributed by atoms with Crippen molar-refractivity contribution in [2.75, 3.05) is 31.5 Å². The first-order valence-electron chi connectivity index (χ1n) is 11.0. The molecule has 1 aromatic heterocycles. The number of pyridine rings is 1. The van der Waals surface area contributed by atoms with E-state index in [1.807, 2.05) is 17.0 Å². The van der Waals surface area contributed by atoms with Crippen molar-refractivity contribution in [1.82, 2.24) is 14.8 Å². The van der Waals surface area contributed by atoms with Crippen LogP contribution in [0.4, 0.5) is 5.82 Å². The molecule has 5 nitrogen and oxygen atoms in total. The molecular formula is C26H30N4O. The summed E-state index contributed by atoms with van der Waals surface area (Å²) in [5.74, 6) is 0.711. The van der Waals surface area contributed by atoms with E-state index >= 15 is 0 Å². The Morgan fingerprint density at radius 1 is 0.839 bits per heavy atom. The Kier molecular flexibility index (Phi) is 6.63. The van der Waals surface area contributed by atoms with Gasteiger partial charge in [0, 0.05) is 38.4 Å². The molecule has 1 aliphatic rings. The number of rotatable bonds is 6. The van der Waals surface area contributed by atoms with Gasteiger partial charge >= 0.3 is 0 Å². The Morgan fingerprint density at radius 3 is 1.97 bits per heavy atom. The second-order valence-electron chi connectivity index (χ2n) is 8.25. The van der Waals surface area contributed by atoms with E-state index in [0.29, 0.717) is 24.5 Å². The molecule has 0 radical (unpaired) electrons. The second-order valence-corrected chi connectivity index (χ2v) is 8.25. The Hall–Kier alpha value is -3.18. The molecule has 4 rings (SSSR count). The molecule has 1 N–H and O–H groups in total. The summed E-state index contributed by atoms with van der Waals surface area (Å²) in [4.78, 5) is 22.1. The highest BCUT2D eigenvalue weighted by Gasteiger charge is 2.29. The molecule has 1 saturated heterocycles. The SMILES string of the molecule is CC(C)Nc1ncccc1C(=O)N1CCN(C(c2ccccc2)c2ccccc2)CC1. The van der Waals surface area contributed by atoms with Crippen molar-refractivity contribution in [1.29, 1.82) is 0 Å². The van der Waals surface area contributed by atoms with Crippen LogP contribution in [0.1, 0.15) is 41.4 Å². The molecule has 0 atom stereocenters. The highest BCUT2D eigenvalue weighted by molar-refractivity contribution is 5.98. The second kappa shape index (κ2) is 9.75. The smallest absolute Gasteiger partial charge is 0.257 e.